The van der Waals surface area contributed by atoms with Crippen LogP contribution in [0.3, 0.4) is 0 Å². The van der Waals surface area contributed by atoms with Crippen molar-refractivity contribution < 1.29 is 14.3 Å². The van der Waals surface area contributed by atoms with E-state index in [1.54, 1.807) is 42.6 Å². The number of para-hydroxylation sites is 2. The summed E-state index contributed by atoms with van der Waals surface area (Å²) in [6, 6.07) is 12.4. The van der Waals surface area contributed by atoms with Gasteiger partial charge in [0.1, 0.15) is 5.75 Å². The highest BCUT2D eigenvalue weighted by Gasteiger charge is 2.47. The second kappa shape index (κ2) is 5.48. The number of pyridine rings is 1. The molecule has 1 atom stereocenters. The molecule has 0 bridgehead atoms. The molecule has 3 rings (SSSR count). The summed E-state index contributed by atoms with van der Waals surface area (Å²) in [5.41, 5.74) is -0.345. The van der Waals surface area contributed by atoms with E-state index in [1.807, 2.05) is 6.07 Å². The van der Waals surface area contributed by atoms with Crippen LogP contribution in [-0.2, 0) is 16.1 Å². The second-order valence-electron chi connectivity index (χ2n) is 5.09. The number of carbonyl (C=O) groups is 2. The van der Waals surface area contributed by atoms with E-state index in [1.165, 1.54) is 6.92 Å². The van der Waals surface area contributed by atoms with Gasteiger partial charge in [-0.15, -0.1) is 0 Å². The van der Waals surface area contributed by atoms with Crippen molar-refractivity contribution in [2.24, 2.45) is 0 Å². The van der Waals surface area contributed by atoms with E-state index in [2.05, 4.69) is 15.6 Å². The molecule has 2 heterocycles. The molecule has 1 aliphatic heterocycles. The van der Waals surface area contributed by atoms with Crippen LogP contribution in [0.15, 0.2) is 48.7 Å². The molecule has 0 spiro atoms. The number of carbonyl (C=O) groups excluding carboxylic acids is 2. The van der Waals surface area contributed by atoms with Crippen LogP contribution in [0.2, 0.25) is 0 Å². The zero-order valence-corrected chi connectivity index (χ0v) is 12.0. The number of fused-ring (bicyclic) bond motifs is 1. The van der Waals surface area contributed by atoms with Crippen LogP contribution < -0.4 is 15.4 Å². The van der Waals surface area contributed by atoms with Gasteiger partial charge in [-0.2, -0.15) is 0 Å². The Morgan fingerprint density at radius 1 is 1.27 bits per heavy atom. The van der Waals surface area contributed by atoms with Crippen molar-refractivity contribution in [2.75, 3.05) is 5.32 Å². The lowest BCUT2D eigenvalue weighted by Gasteiger charge is -2.33. The summed E-state index contributed by atoms with van der Waals surface area (Å²) in [5, 5.41) is 5.37. The average molecular weight is 297 g/mol. The van der Waals surface area contributed by atoms with Gasteiger partial charge in [0.05, 0.1) is 17.9 Å². The lowest BCUT2D eigenvalue weighted by Crippen LogP contribution is -2.58. The molecular weight excluding hydrogens is 282 g/mol. The van der Waals surface area contributed by atoms with Crippen LogP contribution in [0.5, 0.6) is 5.75 Å². The minimum atomic E-state index is -1.61. The number of anilines is 1. The molecule has 2 aromatic rings. The van der Waals surface area contributed by atoms with E-state index in [0.717, 1.165) is 0 Å². The monoisotopic (exact) mass is 297 g/mol. The van der Waals surface area contributed by atoms with Crippen molar-refractivity contribution >= 4 is 17.5 Å². The third kappa shape index (κ3) is 2.50. The number of hydrogen-bond donors (Lipinski definition) is 2. The highest BCUT2D eigenvalue weighted by molar-refractivity contribution is 6.15. The Morgan fingerprint density at radius 2 is 2.05 bits per heavy atom. The van der Waals surface area contributed by atoms with Crippen LogP contribution >= 0.6 is 0 Å². The first-order valence-electron chi connectivity index (χ1n) is 6.87. The minimum Gasteiger partial charge on any atom is -0.466 e. The summed E-state index contributed by atoms with van der Waals surface area (Å²) in [4.78, 5) is 28.7. The Balaban J connectivity index is 1.75. The van der Waals surface area contributed by atoms with Gasteiger partial charge in [-0.3, -0.25) is 14.6 Å². The average Bonchev–Trinajstić information content (AvgIpc) is 2.54. The molecule has 2 N–H and O–H groups in total. The fourth-order valence-corrected chi connectivity index (χ4v) is 2.16. The van der Waals surface area contributed by atoms with Gasteiger partial charge >= 0.3 is 0 Å². The molecule has 0 aliphatic carbocycles. The van der Waals surface area contributed by atoms with E-state index >= 15 is 0 Å². The topological polar surface area (TPSA) is 80.3 Å². The zero-order chi connectivity index (χ0) is 15.6. The molecule has 0 saturated carbocycles. The Morgan fingerprint density at radius 3 is 2.82 bits per heavy atom. The van der Waals surface area contributed by atoms with Gasteiger partial charge < -0.3 is 15.4 Å². The molecule has 112 valence electrons. The van der Waals surface area contributed by atoms with E-state index in [4.69, 9.17) is 4.74 Å². The summed E-state index contributed by atoms with van der Waals surface area (Å²) in [6.45, 7) is 1.68. The molecule has 0 unspecified atom stereocenters. The van der Waals surface area contributed by atoms with Gasteiger partial charge in [0, 0.05) is 6.20 Å². The lowest BCUT2D eigenvalue weighted by atomic mass is 10.0. The number of benzene rings is 1. The van der Waals surface area contributed by atoms with Crippen molar-refractivity contribution in [3.8, 4) is 5.75 Å². The van der Waals surface area contributed by atoms with E-state index in [-0.39, 0.29) is 6.54 Å². The summed E-state index contributed by atoms with van der Waals surface area (Å²) >= 11 is 0. The highest BCUT2D eigenvalue weighted by atomic mass is 16.5. The van der Waals surface area contributed by atoms with E-state index in [0.29, 0.717) is 17.1 Å². The van der Waals surface area contributed by atoms with Crippen molar-refractivity contribution in [3.05, 3.63) is 54.4 Å². The maximum atomic E-state index is 12.4. The van der Waals surface area contributed by atoms with Crippen molar-refractivity contribution in [1.29, 1.82) is 0 Å². The first-order valence-corrected chi connectivity index (χ1v) is 6.87. The molecular formula is C16H15N3O3. The van der Waals surface area contributed by atoms with Crippen molar-refractivity contribution in [2.45, 2.75) is 19.1 Å². The predicted octanol–water partition coefficient (Wildman–Crippen LogP) is 1.49. The number of rotatable bonds is 3. The smallest absolute Gasteiger partial charge is 0.278 e. The summed E-state index contributed by atoms with van der Waals surface area (Å²) < 4.78 is 5.64. The number of nitrogens with zero attached hydrogens (tertiary/aromatic N) is 1. The first-order chi connectivity index (χ1) is 10.6. The Hall–Kier alpha value is -2.89. The number of amides is 2. The standard InChI is InChI=1S/C16H15N3O3/c1-16(14(20)18-10-11-6-4-5-9-17-11)15(21)19-12-7-2-3-8-13(12)22-16/h2-9H,10H2,1H3,(H,18,20)(H,19,21)/t16-/m0/s1. The van der Waals surface area contributed by atoms with Crippen molar-refractivity contribution in [1.82, 2.24) is 10.3 Å². The van der Waals surface area contributed by atoms with Crippen LogP contribution in [0.25, 0.3) is 0 Å². The number of nitrogens with one attached hydrogen (secondary N) is 2. The van der Waals surface area contributed by atoms with Gasteiger partial charge in [-0.1, -0.05) is 18.2 Å². The summed E-state index contributed by atoms with van der Waals surface area (Å²) in [6.07, 6.45) is 1.64. The molecule has 0 radical (unpaired) electrons. The number of hydrogen-bond acceptors (Lipinski definition) is 4. The van der Waals surface area contributed by atoms with E-state index < -0.39 is 17.4 Å². The fourth-order valence-electron chi connectivity index (χ4n) is 2.16. The third-order valence-electron chi connectivity index (χ3n) is 3.47. The normalized spacial score (nSPS) is 19.6. The molecule has 1 aliphatic rings. The molecule has 0 fully saturated rings. The Bertz CT molecular complexity index is 718. The number of ether oxygens (including phenoxy) is 1. The maximum absolute atomic E-state index is 12.4. The maximum Gasteiger partial charge on any atom is 0.278 e. The molecule has 1 aromatic heterocycles. The lowest BCUT2D eigenvalue weighted by molar-refractivity contribution is -0.146. The first kappa shape index (κ1) is 14.1. The van der Waals surface area contributed by atoms with Crippen LogP contribution in [0.1, 0.15) is 12.6 Å². The third-order valence-corrected chi connectivity index (χ3v) is 3.47. The number of aromatic nitrogens is 1. The van der Waals surface area contributed by atoms with Gasteiger partial charge in [0.25, 0.3) is 17.4 Å². The Kier molecular flexibility index (Phi) is 3.50. The zero-order valence-electron chi connectivity index (χ0n) is 12.0. The van der Waals surface area contributed by atoms with Crippen LogP contribution in [0, 0.1) is 0 Å². The van der Waals surface area contributed by atoms with Crippen LogP contribution in [0.4, 0.5) is 5.69 Å². The summed E-state index contributed by atoms with van der Waals surface area (Å²) in [7, 11) is 0. The van der Waals surface area contributed by atoms with Crippen molar-refractivity contribution in [3.63, 3.8) is 0 Å². The van der Waals surface area contributed by atoms with Gasteiger partial charge in [0.15, 0.2) is 0 Å². The Labute approximate surface area is 127 Å². The molecule has 6 heteroatoms. The SMILES string of the molecule is C[C@@]1(C(=O)NCc2ccccn2)Oc2ccccc2NC1=O. The minimum absolute atomic E-state index is 0.230. The molecule has 2 amide bonds. The molecule has 6 nitrogen and oxygen atoms in total. The van der Waals surface area contributed by atoms with Crippen LogP contribution in [-0.4, -0.2) is 22.4 Å². The second-order valence-corrected chi connectivity index (χ2v) is 5.09. The molecule has 1 aromatic carbocycles. The quantitative estimate of drug-likeness (QED) is 0.841. The molecule has 0 saturated heterocycles. The van der Waals surface area contributed by atoms with Gasteiger partial charge in [0.2, 0.25) is 0 Å². The highest BCUT2D eigenvalue weighted by Crippen LogP contribution is 2.33. The summed E-state index contributed by atoms with van der Waals surface area (Å²) in [5.74, 6) is -0.535. The van der Waals surface area contributed by atoms with Gasteiger partial charge in [-0.25, -0.2) is 0 Å². The molecule has 22 heavy (non-hydrogen) atoms. The predicted molar refractivity (Wildman–Crippen MR) is 80.2 cm³/mol. The largest absolute Gasteiger partial charge is 0.466 e. The van der Waals surface area contributed by atoms with Gasteiger partial charge in [-0.05, 0) is 31.2 Å². The van der Waals surface area contributed by atoms with E-state index in [9.17, 15) is 9.59 Å². The fraction of sp³-hybridized carbons (Fsp3) is 0.188.